The van der Waals surface area contributed by atoms with Gasteiger partial charge in [0.05, 0.1) is 13.0 Å². The number of ketones is 1. The van der Waals surface area contributed by atoms with Crippen molar-refractivity contribution in [3.05, 3.63) is 89.2 Å². The van der Waals surface area contributed by atoms with Gasteiger partial charge in [0, 0.05) is 34.4 Å². The summed E-state index contributed by atoms with van der Waals surface area (Å²) in [4.78, 5) is 24.7. The number of carbonyl (C=O) groups is 2. The van der Waals surface area contributed by atoms with Gasteiger partial charge in [0.1, 0.15) is 12.0 Å². The van der Waals surface area contributed by atoms with Crippen molar-refractivity contribution in [3.63, 3.8) is 0 Å². The molecule has 31 heavy (non-hydrogen) atoms. The molecule has 0 saturated carbocycles. The number of hydrogen-bond donors (Lipinski definition) is 1. The predicted octanol–water partition coefficient (Wildman–Crippen LogP) is 4.24. The van der Waals surface area contributed by atoms with Gasteiger partial charge in [0.15, 0.2) is 5.78 Å². The molecule has 0 bridgehead atoms. The Balaban J connectivity index is 1.60. The summed E-state index contributed by atoms with van der Waals surface area (Å²) in [6, 6.07) is 18.4. The molecule has 0 unspecified atom stereocenters. The summed E-state index contributed by atoms with van der Waals surface area (Å²) in [5, 5.41) is 4.17. The normalized spacial score (nSPS) is 10.9. The number of benzene rings is 2. The van der Waals surface area contributed by atoms with Crippen molar-refractivity contribution in [2.75, 3.05) is 6.61 Å². The van der Waals surface area contributed by atoms with Crippen molar-refractivity contribution >= 4 is 11.8 Å². The maximum Gasteiger partial charge on any atom is 0.310 e. The second-order valence-electron chi connectivity index (χ2n) is 7.15. The fourth-order valence-corrected chi connectivity index (χ4v) is 3.52. The molecule has 2 aromatic carbocycles. The second-order valence-corrected chi connectivity index (χ2v) is 7.15. The number of esters is 1. The fraction of sp³-hybridized carbons (Fsp3) is 0.160. The summed E-state index contributed by atoms with van der Waals surface area (Å²) in [5.41, 5.74) is 11.6. The van der Waals surface area contributed by atoms with Crippen LogP contribution in [0.3, 0.4) is 0 Å². The largest absolute Gasteiger partial charge is 0.466 e. The molecule has 1 aliphatic heterocycles. The molecule has 0 radical (unpaired) electrons. The number of nitrogens with two attached hydrogens (primary N) is 1. The lowest BCUT2D eigenvalue weighted by atomic mass is 9.97. The van der Waals surface area contributed by atoms with Crippen LogP contribution in [0.15, 0.2) is 71.4 Å². The van der Waals surface area contributed by atoms with Gasteiger partial charge in [-0.25, -0.2) is 0 Å². The Kier molecular flexibility index (Phi) is 5.91. The van der Waals surface area contributed by atoms with Crippen molar-refractivity contribution in [3.8, 4) is 22.4 Å². The summed E-state index contributed by atoms with van der Waals surface area (Å²) in [6.07, 6.45) is 1.71. The van der Waals surface area contributed by atoms with Crippen LogP contribution < -0.4 is 5.73 Å². The van der Waals surface area contributed by atoms with Gasteiger partial charge in [-0.2, -0.15) is 0 Å². The van der Waals surface area contributed by atoms with E-state index in [2.05, 4.69) is 5.16 Å². The Morgan fingerprint density at radius 3 is 2.32 bits per heavy atom. The molecule has 1 heterocycles. The number of aromatic nitrogens is 1. The lowest BCUT2D eigenvalue weighted by Gasteiger charge is -2.09. The first-order valence-corrected chi connectivity index (χ1v) is 10.1. The highest BCUT2D eigenvalue weighted by atomic mass is 16.5. The maximum absolute atomic E-state index is 13.0. The molecule has 0 amide bonds. The zero-order valence-electron chi connectivity index (χ0n) is 17.1. The van der Waals surface area contributed by atoms with E-state index in [1.165, 1.54) is 6.26 Å². The Hall–Kier alpha value is -3.77. The zero-order chi connectivity index (χ0) is 21.8. The molecule has 6 heteroatoms. The molecule has 1 aliphatic carbocycles. The minimum Gasteiger partial charge on any atom is -0.466 e. The van der Waals surface area contributed by atoms with E-state index in [-0.39, 0.29) is 18.2 Å². The molecular formula is C25H22N2O4. The third kappa shape index (κ3) is 4.25. The third-order valence-electron chi connectivity index (χ3n) is 5.14. The lowest BCUT2D eigenvalue weighted by Crippen LogP contribution is -2.07. The van der Waals surface area contributed by atoms with Gasteiger partial charge >= 0.3 is 5.97 Å². The van der Waals surface area contributed by atoms with E-state index in [0.29, 0.717) is 35.5 Å². The molecule has 0 atom stereocenters. The molecule has 2 aliphatic rings. The van der Waals surface area contributed by atoms with Crippen molar-refractivity contribution in [2.45, 2.75) is 19.9 Å². The molecule has 6 nitrogen and oxygen atoms in total. The van der Waals surface area contributed by atoms with E-state index >= 15 is 0 Å². The smallest absolute Gasteiger partial charge is 0.310 e. The number of rotatable bonds is 7. The Morgan fingerprint density at radius 2 is 1.65 bits per heavy atom. The number of nitrogens with zero attached hydrogens (tertiary/aromatic N) is 1. The van der Waals surface area contributed by atoms with Gasteiger partial charge in [-0.15, -0.1) is 0 Å². The summed E-state index contributed by atoms with van der Waals surface area (Å²) in [5.74, 6) is -0.347. The van der Waals surface area contributed by atoms with Crippen LogP contribution in [0.2, 0.25) is 0 Å². The van der Waals surface area contributed by atoms with Crippen molar-refractivity contribution < 1.29 is 18.8 Å². The fourth-order valence-electron chi connectivity index (χ4n) is 3.52. The predicted molar refractivity (Wildman–Crippen MR) is 117 cm³/mol. The topological polar surface area (TPSA) is 95.4 Å². The molecule has 0 aromatic heterocycles. The maximum atomic E-state index is 13.0. The first-order chi connectivity index (χ1) is 15.1. The van der Waals surface area contributed by atoms with Crippen molar-refractivity contribution in [2.24, 2.45) is 5.73 Å². The molecular weight excluding hydrogens is 392 g/mol. The quantitative estimate of drug-likeness (QED) is 0.359. The van der Waals surface area contributed by atoms with Crippen molar-refractivity contribution in [1.29, 1.82) is 0 Å². The van der Waals surface area contributed by atoms with Gasteiger partial charge in [0.2, 0.25) is 0 Å². The summed E-state index contributed by atoms with van der Waals surface area (Å²) < 4.78 is 10.3. The van der Waals surface area contributed by atoms with Crippen LogP contribution in [0.5, 0.6) is 0 Å². The van der Waals surface area contributed by atoms with Crippen molar-refractivity contribution in [1.82, 2.24) is 5.16 Å². The molecule has 0 spiro atoms. The number of ether oxygens (including phenoxy) is 1. The zero-order valence-corrected chi connectivity index (χ0v) is 17.1. The van der Waals surface area contributed by atoms with Crippen LogP contribution >= 0.6 is 0 Å². The number of fused-ring (bicyclic) bond motifs is 1. The third-order valence-corrected chi connectivity index (χ3v) is 5.14. The Labute approximate surface area is 180 Å². The molecule has 2 N–H and O–H groups in total. The highest BCUT2D eigenvalue weighted by Gasteiger charge is 2.22. The minimum atomic E-state index is -0.260. The van der Waals surface area contributed by atoms with Gasteiger partial charge in [-0.05, 0) is 24.1 Å². The highest BCUT2D eigenvalue weighted by molar-refractivity contribution is 6.14. The van der Waals surface area contributed by atoms with Crippen LogP contribution in [0, 0.1) is 0 Å². The standard InChI is InChI=1S/C25H22N2O4/c1-2-30-23(28)13-16-3-7-18(8-4-16)24-20-11-12-21(22(20)15-31-27-24)25(29)19-9-5-17(14-26)6-10-19/h3-12,15H,2,13-14,26H2,1H3. The van der Waals surface area contributed by atoms with Gasteiger partial charge < -0.3 is 15.0 Å². The van der Waals surface area contributed by atoms with Crippen LogP contribution in [-0.4, -0.2) is 23.5 Å². The van der Waals surface area contributed by atoms with Crippen LogP contribution in [0.1, 0.15) is 34.0 Å². The summed E-state index contributed by atoms with van der Waals surface area (Å²) in [6.45, 7) is 2.57. The lowest BCUT2D eigenvalue weighted by molar-refractivity contribution is -0.142. The molecule has 156 valence electrons. The first kappa shape index (κ1) is 20.5. The van der Waals surface area contributed by atoms with E-state index in [4.69, 9.17) is 15.0 Å². The first-order valence-electron chi connectivity index (χ1n) is 10.1. The number of hydrogen-bond acceptors (Lipinski definition) is 6. The van der Waals surface area contributed by atoms with E-state index in [9.17, 15) is 9.59 Å². The van der Waals surface area contributed by atoms with Gasteiger partial charge in [-0.3, -0.25) is 9.59 Å². The minimum absolute atomic E-state index is 0.0873. The number of carbonyl (C=O) groups excluding carboxylic acids is 2. The van der Waals surface area contributed by atoms with E-state index in [1.807, 2.05) is 42.5 Å². The summed E-state index contributed by atoms with van der Waals surface area (Å²) in [7, 11) is 0. The average molecular weight is 414 g/mol. The Bertz CT molecular complexity index is 1180. The van der Waals surface area contributed by atoms with Crippen LogP contribution in [-0.2, 0) is 22.5 Å². The van der Waals surface area contributed by atoms with Crippen LogP contribution in [0.4, 0.5) is 0 Å². The Morgan fingerprint density at radius 1 is 0.935 bits per heavy atom. The molecule has 2 aromatic rings. The molecule has 4 rings (SSSR count). The van der Waals surface area contributed by atoms with E-state index < -0.39 is 0 Å². The summed E-state index contributed by atoms with van der Waals surface area (Å²) >= 11 is 0. The molecule has 0 fully saturated rings. The van der Waals surface area contributed by atoms with E-state index in [0.717, 1.165) is 22.3 Å². The highest BCUT2D eigenvalue weighted by Crippen LogP contribution is 2.36. The molecule has 0 saturated heterocycles. The average Bonchev–Trinajstić information content (AvgIpc) is 3.24. The van der Waals surface area contributed by atoms with Gasteiger partial charge in [0.25, 0.3) is 0 Å². The van der Waals surface area contributed by atoms with E-state index in [1.54, 1.807) is 25.1 Å². The second kappa shape index (κ2) is 8.93. The van der Waals surface area contributed by atoms with Crippen LogP contribution in [0.25, 0.3) is 22.4 Å². The SMILES string of the molecule is CCOC(=O)Cc1ccc(-c2nocc3c(C(=O)c4ccc(CN)cc4)ccc2-3)cc1. The monoisotopic (exact) mass is 414 g/mol. The van der Waals surface area contributed by atoms with Gasteiger partial charge in [-0.1, -0.05) is 59.8 Å².